The molecular formula is C14H22N2O2. The zero-order valence-electron chi connectivity index (χ0n) is 11.1. The zero-order valence-corrected chi connectivity index (χ0v) is 11.1. The fraction of sp³-hybridized carbons (Fsp3) is 0.571. The Kier molecular flexibility index (Phi) is 6.19. The molecule has 0 aromatic carbocycles. The topological polar surface area (TPSA) is 62.2 Å². The van der Waals surface area contributed by atoms with Gasteiger partial charge in [-0.15, -0.1) is 0 Å². The molecule has 0 saturated heterocycles. The summed E-state index contributed by atoms with van der Waals surface area (Å²) in [4.78, 5) is 15.6. The maximum absolute atomic E-state index is 11.9. The van der Waals surface area contributed by atoms with Crippen LogP contribution in [0.4, 0.5) is 0 Å². The van der Waals surface area contributed by atoms with Crippen LogP contribution in [0.3, 0.4) is 0 Å². The van der Waals surface area contributed by atoms with E-state index >= 15 is 0 Å². The van der Waals surface area contributed by atoms with Crippen LogP contribution in [0.25, 0.3) is 0 Å². The molecule has 4 heteroatoms. The number of carbonyl (C=O) groups is 1. The number of nitrogens with zero attached hydrogens (tertiary/aromatic N) is 1. The SMILES string of the molecule is CCCCC(CC)CNC(=O)c1ccncc1O. The van der Waals surface area contributed by atoms with Crippen LogP contribution in [0.15, 0.2) is 18.5 Å². The number of carbonyl (C=O) groups excluding carboxylic acids is 1. The molecule has 1 aromatic rings. The lowest BCUT2D eigenvalue weighted by Crippen LogP contribution is -2.29. The molecule has 0 spiro atoms. The summed E-state index contributed by atoms with van der Waals surface area (Å²) in [5, 5.41) is 12.4. The summed E-state index contributed by atoms with van der Waals surface area (Å²) in [6.45, 7) is 4.97. The highest BCUT2D eigenvalue weighted by atomic mass is 16.3. The predicted octanol–water partition coefficient (Wildman–Crippen LogP) is 2.73. The Morgan fingerprint density at radius 2 is 2.28 bits per heavy atom. The average molecular weight is 250 g/mol. The number of aromatic nitrogens is 1. The number of pyridine rings is 1. The Labute approximate surface area is 108 Å². The van der Waals surface area contributed by atoms with Gasteiger partial charge in [-0.1, -0.05) is 33.1 Å². The molecule has 0 bridgehead atoms. The van der Waals surface area contributed by atoms with E-state index in [1.54, 1.807) is 0 Å². The second-order valence-corrected chi connectivity index (χ2v) is 4.52. The van der Waals surface area contributed by atoms with Gasteiger partial charge >= 0.3 is 0 Å². The maximum atomic E-state index is 11.9. The highest BCUT2D eigenvalue weighted by Gasteiger charge is 2.12. The Balaban J connectivity index is 2.47. The molecule has 0 saturated carbocycles. The summed E-state index contributed by atoms with van der Waals surface area (Å²) in [7, 11) is 0. The van der Waals surface area contributed by atoms with E-state index in [0.717, 1.165) is 12.8 Å². The van der Waals surface area contributed by atoms with Crippen LogP contribution < -0.4 is 5.32 Å². The number of hydrogen-bond donors (Lipinski definition) is 2. The van der Waals surface area contributed by atoms with Crippen molar-refractivity contribution in [2.45, 2.75) is 39.5 Å². The van der Waals surface area contributed by atoms with Gasteiger partial charge in [-0.25, -0.2) is 0 Å². The second-order valence-electron chi connectivity index (χ2n) is 4.52. The third kappa shape index (κ3) is 4.35. The van der Waals surface area contributed by atoms with Crippen LogP contribution in [0.1, 0.15) is 49.9 Å². The Hall–Kier alpha value is -1.58. The largest absolute Gasteiger partial charge is 0.505 e. The first-order valence-corrected chi connectivity index (χ1v) is 6.60. The summed E-state index contributed by atoms with van der Waals surface area (Å²) in [6.07, 6.45) is 7.34. The summed E-state index contributed by atoms with van der Waals surface area (Å²) in [6, 6.07) is 1.53. The lowest BCUT2D eigenvalue weighted by Gasteiger charge is -2.15. The second kappa shape index (κ2) is 7.69. The highest BCUT2D eigenvalue weighted by Crippen LogP contribution is 2.15. The molecule has 1 rings (SSSR count). The molecule has 1 atom stereocenters. The minimum Gasteiger partial charge on any atom is -0.505 e. The molecule has 100 valence electrons. The van der Waals surface area contributed by atoms with E-state index < -0.39 is 0 Å². The molecule has 1 aromatic heterocycles. The van der Waals surface area contributed by atoms with Gasteiger partial charge in [0.15, 0.2) is 0 Å². The lowest BCUT2D eigenvalue weighted by molar-refractivity contribution is 0.0943. The molecule has 1 amide bonds. The third-order valence-electron chi connectivity index (χ3n) is 3.14. The first kappa shape index (κ1) is 14.5. The normalized spacial score (nSPS) is 12.1. The van der Waals surface area contributed by atoms with Crippen molar-refractivity contribution in [3.63, 3.8) is 0 Å². The average Bonchev–Trinajstić information content (AvgIpc) is 2.39. The summed E-state index contributed by atoms with van der Waals surface area (Å²) >= 11 is 0. The van der Waals surface area contributed by atoms with Crippen molar-refractivity contribution in [1.82, 2.24) is 10.3 Å². The van der Waals surface area contributed by atoms with Crippen molar-refractivity contribution >= 4 is 5.91 Å². The van der Waals surface area contributed by atoms with Gasteiger partial charge < -0.3 is 10.4 Å². The maximum Gasteiger partial charge on any atom is 0.255 e. The van der Waals surface area contributed by atoms with Crippen LogP contribution >= 0.6 is 0 Å². The molecule has 0 fully saturated rings. The highest BCUT2D eigenvalue weighted by molar-refractivity contribution is 5.96. The van der Waals surface area contributed by atoms with Gasteiger partial charge in [0, 0.05) is 12.7 Å². The van der Waals surface area contributed by atoms with Gasteiger partial charge in [0.25, 0.3) is 5.91 Å². The number of amides is 1. The van der Waals surface area contributed by atoms with Crippen molar-refractivity contribution in [2.75, 3.05) is 6.54 Å². The van der Waals surface area contributed by atoms with E-state index in [2.05, 4.69) is 24.1 Å². The Morgan fingerprint density at radius 1 is 1.50 bits per heavy atom. The monoisotopic (exact) mass is 250 g/mol. The zero-order chi connectivity index (χ0) is 13.4. The van der Waals surface area contributed by atoms with Crippen molar-refractivity contribution in [1.29, 1.82) is 0 Å². The predicted molar refractivity (Wildman–Crippen MR) is 71.5 cm³/mol. The molecule has 2 N–H and O–H groups in total. The molecule has 0 aliphatic carbocycles. The number of aromatic hydroxyl groups is 1. The first-order chi connectivity index (χ1) is 8.69. The fourth-order valence-corrected chi connectivity index (χ4v) is 1.85. The molecular weight excluding hydrogens is 228 g/mol. The molecule has 0 radical (unpaired) electrons. The molecule has 1 unspecified atom stereocenters. The minimum absolute atomic E-state index is 0.0726. The minimum atomic E-state index is -0.232. The third-order valence-corrected chi connectivity index (χ3v) is 3.14. The van der Waals surface area contributed by atoms with E-state index in [9.17, 15) is 9.90 Å². The summed E-state index contributed by atoms with van der Waals surface area (Å²) in [5.74, 6) is 0.208. The first-order valence-electron chi connectivity index (χ1n) is 6.60. The van der Waals surface area contributed by atoms with Gasteiger partial charge in [0.05, 0.1) is 11.8 Å². The van der Waals surface area contributed by atoms with Gasteiger partial charge in [-0.3, -0.25) is 9.78 Å². The van der Waals surface area contributed by atoms with Crippen LogP contribution in [0, 0.1) is 5.92 Å². The number of rotatable bonds is 7. The van der Waals surface area contributed by atoms with Crippen LogP contribution in [-0.2, 0) is 0 Å². The molecule has 1 heterocycles. The van der Waals surface area contributed by atoms with E-state index in [0.29, 0.717) is 12.5 Å². The van der Waals surface area contributed by atoms with Crippen LogP contribution in [0.5, 0.6) is 5.75 Å². The molecule has 0 aliphatic rings. The quantitative estimate of drug-likeness (QED) is 0.782. The Morgan fingerprint density at radius 3 is 2.89 bits per heavy atom. The summed E-state index contributed by atoms with van der Waals surface area (Å²) < 4.78 is 0. The van der Waals surface area contributed by atoms with E-state index in [1.165, 1.54) is 31.3 Å². The molecule has 18 heavy (non-hydrogen) atoms. The number of nitrogens with one attached hydrogen (secondary N) is 1. The molecule has 4 nitrogen and oxygen atoms in total. The van der Waals surface area contributed by atoms with Crippen molar-refractivity contribution < 1.29 is 9.90 Å². The Bertz CT molecular complexity index is 380. The van der Waals surface area contributed by atoms with Gasteiger partial charge in [0.1, 0.15) is 5.75 Å². The van der Waals surface area contributed by atoms with Crippen LogP contribution in [-0.4, -0.2) is 22.5 Å². The number of unbranched alkanes of at least 4 members (excludes halogenated alkanes) is 1. The van der Waals surface area contributed by atoms with Crippen molar-refractivity contribution in [2.24, 2.45) is 5.92 Å². The smallest absolute Gasteiger partial charge is 0.255 e. The number of hydrogen-bond acceptors (Lipinski definition) is 3. The van der Waals surface area contributed by atoms with Crippen molar-refractivity contribution in [3.05, 3.63) is 24.0 Å². The van der Waals surface area contributed by atoms with Gasteiger partial charge in [0.2, 0.25) is 0 Å². The fourth-order valence-electron chi connectivity index (χ4n) is 1.85. The van der Waals surface area contributed by atoms with Crippen LogP contribution in [0.2, 0.25) is 0 Å². The van der Waals surface area contributed by atoms with Gasteiger partial charge in [-0.05, 0) is 18.4 Å². The lowest BCUT2D eigenvalue weighted by atomic mass is 9.99. The molecule has 0 aliphatic heterocycles. The van der Waals surface area contributed by atoms with E-state index in [4.69, 9.17) is 0 Å². The van der Waals surface area contributed by atoms with Gasteiger partial charge in [-0.2, -0.15) is 0 Å². The summed E-state index contributed by atoms with van der Waals surface area (Å²) in [5.41, 5.74) is 0.287. The van der Waals surface area contributed by atoms with E-state index in [1.807, 2.05) is 0 Å². The van der Waals surface area contributed by atoms with E-state index in [-0.39, 0.29) is 17.2 Å². The standard InChI is InChI=1S/C14H22N2O2/c1-3-5-6-11(4-2)9-16-14(18)12-7-8-15-10-13(12)17/h7-8,10-11,17H,3-6,9H2,1-2H3,(H,16,18). The van der Waals surface area contributed by atoms with Crippen molar-refractivity contribution in [3.8, 4) is 5.75 Å².